The average molecular weight is 333 g/mol. The maximum Gasteiger partial charge on any atom is 0.274 e. The Morgan fingerprint density at radius 3 is 2.52 bits per heavy atom. The summed E-state index contributed by atoms with van der Waals surface area (Å²) < 4.78 is 5.25. The number of para-hydroxylation sites is 2. The molecule has 0 saturated heterocycles. The zero-order chi connectivity index (χ0) is 17.6. The van der Waals surface area contributed by atoms with Crippen molar-refractivity contribution in [1.82, 2.24) is 4.98 Å². The number of aromatic nitrogens is 1. The fourth-order valence-electron chi connectivity index (χ4n) is 2.37. The summed E-state index contributed by atoms with van der Waals surface area (Å²) in [7, 11) is 1.56. The van der Waals surface area contributed by atoms with Crippen LogP contribution in [0.1, 0.15) is 16.1 Å². The topological polar surface area (TPSA) is 63.2 Å². The van der Waals surface area contributed by atoms with Gasteiger partial charge in [-0.15, -0.1) is 0 Å². The first kappa shape index (κ1) is 16.5. The number of amides is 1. The standard InChI is InChI=1S/C20H19N3O2/c1-14-7-9-15(10-8-14)22-16-11-12-21-18(13-16)20(24)23-17-5-3-4-6-19(17)25-2/h3-13H,1-2H3,(H,21,22)(H,23,24). The number of anilines is 3. The molecule has 0 unspecified atom stereocenters. The Morgan fingerprint density at radius 2 is 1.76 bits per heavy atom. The van der Waals surface area contributed by atoms with E-state index in [0.717, 1.165) is 11.4 Å². The lowest BCUT2D eigenvalue weighted by Crippen LogP contribution is -2.14. The van der Waals surface area contributed by atoms with Crippen LogP contribution in [0, 0.1) is 6.92 Å². The van der Waals surface area contributed by atoms with Gasteiger partial charge in [0.2, 0.25) is 0 Å². The highest BCUT2D eigenvalue weighted by molar-refractivity contribution is 6.04. The van der Waals surface area contributed by atoms with Crippen molar-refractivity contribution < 1.29 is 9.53 Å². The minimum absolute atomic E-state index is 0.294. The molecule has 5 nitrogen and oxygen atoms in total. The first-order valence-corrected chi connectivity index (χ1v) is 7.90. The molecule has 0 spiro atoms. The third kappa shape index (κ3) is 4.14. The molecule has 0 radical (unpaired) electrons. The fraction of sp³-hybridized carbons (Fsp3) is 0.100. The average Bonchev–Trinajstić information content (AvgIpc) is 2.64. The third-order valence-corrected chi connectivity index (χ3v) is 3.69. The largest absolute Gasteiger partial charge is 0.495 e. The number of carbonyl (C=O) groups is 1. The van der Waals surface area contributed by atoms with Gasteiger partial charge in [0.25, 0.3) is 5.91 Å². The van der Waals surface area contributed by atoms with E-state index in [-0.39, 0.29) is 5.91 Å². The second-order valence-electron chi connectivity index (χ2n) is 5.58. The highest BCUT2D eigenvalue weighted by Crippen LogP contribution is 2.24. The number of benzene rings is 2. The second kappa shape index (κ2) is 7.49. The van der Waals surface area contributed by atoms with E-state index >= 15 is 0 Å². The number of hydrogen-bond acceptors (Lipinski definition) is 4. The van der Waals surface area contributed by atoms with Crippen molar-refractivity contribution >= 4 is 23.0 Å². The van der Waals surface area contributed by atoms with Gasteiger partial charge in [0.05, 0.1) is 12.8 Å². The highest BCUT2D eigenvalue weighted by atomic mass is 16.5. The van der Waals surface area contributed by atoms with Gasteiger partial charge in [-0.3, -0.25) is 9.78 Å². The molecule has 0 bridgehead atoms. The summed E-state index contributed by atoms with van der Waals surface area (Å²) in [6.45, 7) is 2.04. The Morgan fingerprint density at radius 1 is 1.00 bits per heavy atom. The Balaban J connectivity index is 1.76. The van der Waals surface area contributed by atoms with Gasteiger partial charge in [-0.2, -0.15) is 0 Å². The molecule has 5 heteroatoms. The SMILES string of the molecule is COc1ccccc1NC(=O)c1cc(Nc2ccc(C)cc2)ccn1. The van der Waals surface area contributed by atoms with E-state index in [0.29, 0.717) is 17.1 Å². The van der Waals surface area contributed by atoms with Crippen LogP contribution in [0.5, 0.6) is 5.75 Å². The van der Waals surface area contributed by atoms with Crippen molar-refractivity contribution in [3.8, 4) is 5.75 Å². The molecule has 0 aliphatic carbocycles. The molecule has 0 atom stereocenters. The highest BCUT2D eigenvalue weighted by Gasteiger charge is 2.11. The van der Waals surface area contributed by atoms with Crippen molar-refractivity contribution in [2.24, 2.45) is 0 Å². The third-order valence-electron chi connectivity index (χ3n) is 3.69. The van der Waals surface area contributed by atoms with Gasteiger partial charge in [0.1, 0.15) is 11.4 Å². The Kier molecular flexibility index (Phi) is 4.95. The van der Waals surface area contributed by atoms with Crippen LogP contribution in [0.15, 0.2) is 66.9 Å². The quantitative estimate of drug-likeness (QED) is 0.727. The molecule has 0 aliphatic heterocycles. The summed E-state index contributed by atoms with van der Waals surface area (Å²) in [5, 5.41) is 6.09. The number of carbonyl (C=O) groups excluding carboxylic acids is 1. The van der Waals surface area contributed by atoms with E-state index in [2.05, 4.69) is 15.6 Å². The smallest absolute Gasteiger partial charge is 0.274 e. The number of rotatable bonds is 5. The van der Waals surface area contributed by atoms with Gasteiger partial charge in [-0.25, -0.2) is 0 Å². The van der Waals surface area contributed by atoms with E-state index in [1.54, 1.807) is 31.5 Å². The van der Waals surface area contributed by atoms with Crippen molar-refractivity contribution in [2.45, 2.75) is 6.92 Å². The molecule has 1 heterocycles. The Bertz CT molecular complexity index is 876. The predicted molar refractivity (Wildman–Crippen MR) is 99.6 cm³/mol. The fourth-order valence-corrected chi connectivity index (χ4v) is 2.37. The van der Waals surface area contributed by atoms with Crippen LogP contribution < -0.4 is 15.4 Å². The molecule has 1 amide bonds. The van der Waals surface area contributed by atoms with Crippen LogP contribution in [0.4, 0.5) is 17.1 Å². The molecule has 0 saturated carbocycles. The number of aryl methyl sites for hydroxylation is 1. The van der Waals surface area contributed by atoms with Crippen molar-refractivity contribution in [1.29, 1.82) is 0 Å². The van der Waals surface area contributed by atoms with Crippen LogP contribution in [0.2, 0.25) is 0 Å². The predicted octanol–water partition coefficient (Wildman–Crippen LogP) is 4.39. The van der Waals surface area contributed by atoms with Crippen LogP contribution >= 0.6 is 0 Å². The Hall–Kier alpha value is -3.34. The molecule has 126 valence electrons. The number of nitrogens with zero attached hydrogens (tertiary/aromatic N) is 1. The summed E-state index contributed by atoms with van der Waals surface area (Å²) in [4.78, 5) is 16.6. The molecule has 2 N–H and O–H groups in total. The lowest BCUT2D eigenvalue weighted by molar-refractivity contribution is 0.102. The minimum Gasteiger partial charge on any atom is -0.495 e. The van der Waals surface area contributed by atoms with Crippen LogP contribution in [0.3, 0.4) is 0 Å². The normalized spacial score (nSPS) is 10.2. The monoisotopic (exact) mass is 333 g/mol. The second-order valence-corrected chi connectivity index (χ2v) is 5.58. The molecule has 0 aliphatic rings. The van der Waals surface area contributed by atoms with Gasteiger partial charge >= 0.3 is 0 Å². The molecular formula is C20H19N3O2. The maximum absolute atomic E-state index is 12.5. The zero-order valence-electron chi connectivity index (χ0n) is 14.1. The van der Waals surface area contributed by atoms with Gasteiger partial charge in [-0.05, 0) is 43.3 Å². The van der Waals surface area contributed by atoms with E-state index in [4.69, 9.17) is 4.74 Å². The van der Waals surface area contributed by atoms with Crippen molar-refractivity contribution in [3.05, 3.63) is 78.1 Å². The van der Waals surface area contributed by atoms with Crippen molar-refractivity contribution in [2.75, 3.05) is 17.7 Å². The molecule has 25 heavy (non-hydrogen) atoms. The number of pyridine rings is 1. The van der Waals surface area contributed by atoms with Crippen LogP contribution in [-0.2, 0) is 0 Å². The lowest BCUT2D eigenvalue weighted by atomic mass is 10.2. The van der Waals surface area contributed by atoms with Crippen LogP contribution in [-0.4, -0.2) is 18.0 Å². The summed E-state index contributed by atoms with van der Waals surface area (Å²) in [6, 6.07) is 18.8. The zero-order valence-corrected chi connectivity index (χ0v) is 14.1. The van der Waals surface area contributed by atoms with E-state index in [1.807, 2.05) is 49.4 Å². The van der Waals surface area contributed by atoms with Gasteiger partial charge in [0.15, 0.2) is 0 Å². The van der Waals surface area contributed by atoms with Gasteiger partial charge in [-0.1, -0.05) is 29.8 Å². The van der Waals surface area contributed by atoms with Crippen LogP contribution in [0.25, 0.3) is 0 Å². The molecule has 1 aromatic heterocycles. The summed E-state index contributed by atoms with van der Waals surface area (Å²) >= 11 is 0. The van der Waals surface area contributed by atoms with E-state index in [9.17, 15) is 4.79 Å². The maximum atomic E-state index is 12.5. The summed E-state index contributed by atoms with van der Waals surface area (Å²) in [5.74, 6) is 0.307. The number of methoxy groups -OCH3 is 1. The Labute approximate surface area is 146 Å². The lowest BCUT2D eigenvalue weighted by Gasteiger charge is -2.11. The van der Waals surface area contributed by atoms with Gasteiger partial charge in [0, 0.05) is 17.6 Å². The van der Waals surface area contributed by atoms with E-state index in [1.165, 1.54) is 5.56 Å². The van der Waals surface area contributed by atoms with Crippen molar-refractivity contribution in [3.63, 3.8) is 0 Å². The molecule has 3 rings (SSSR count). The molecule has 0 fully saturated rings. The van der Waals surface area contributed by atoms with Gasteiger partial charge < -0.3 is 15.4 Å². The molecular weight excluding hydrogens is 314 g/mol. The number of nitrogens with one attached hydrogen (secondary N) is 2. The minimum atomic E-state index is -0.294. The summed E-state index contributed by atoms with van der Waals surface area (Å²) in [6.07, 6.45) is 1.60. The van der Waals surface area contributed by atoms with E-state index < -0.39 is 0 Å². The summed E-state index contributed by atoms with van der Waals surface area (Å²) in [5.41, 5.74) is 3.87. The molecule has 3 aromatic rings. The molecule has 2 aromatic carbocycles. The number of ether oxygens (including phenoxy) is 1. The number of hydrogen-bond donors (Lipinski definition) is 2. The first-order chi connectivity index (χ1) is 12.2. The first-order valence-electron chi connectivity index (χ1n) is 7.90.